The van der Waals surface area contributed by atoms with Crippen molar-refractivity contribution in [2.75, 3.05) is 32.4 Å². The smallest absolute Gasteiger partial charge is 0.414 e. The molecule has 0 aliphatic carbocycles. The Morgan fingerprint density at radius 2 is 1.55 bits per heavy atom. The molecule has 2 saturated heterocycles. The van der Waals surface area contributed by atoms with Crippen LogP contribution in [0.25, 0.3) is 0 Å². The molecule has 2 heterocycles. The molecule has 2 N–H and O–H groups in total. The number of aliphatic carboxylic acids is 2. The number of morpholine rings is 1. The van der Waals surface area contributed by atoms with Gasteiger partial charge < -0.3 is 14.9 Å². The molecule has 7 nitrogen and oxygen atoms in total. The van der Waals surface area contributed by atoms with E-state index in [-0.39, 0.29) is 0 Å². The van der Waals surface area contributed by atoms with Gasteiger partial charge in [0.15, 0.2) is 0 Å². The summed E-state index contributed by atoms with van der Waals surface area (Å²) in [6.45, 7) is 10.1. The van der Waals surface area contributed by atoms with Crippen molar-refractivity contribution in [2.24, 2.45) is 0 Å². The molecule has 8 heteroatoms. The number of carbonyl (C=O) groups is 2. The third-order valence-electron chi connectivity index (χ3n) is 5.27. The average Bonchev–Trinajstić information content (AvgIpc) is 2.69. The lowest BCUT2D eigenvalue weighted by molar-refractivity contribution is -0.159. The van der Waals surface area contributed by atoms with Gasteiger partial charge in [-0.05, 0) is 63.7 Å². The zero-order chi connectivity index (χ0) is 21.4. The van der Waals surface area contributed by atoms with E-state index in [0.717, 1.165) is 25.7 Å². The third kappa shape index (κ3) is 7.97. The molecule has 1 aromatic rings. The molecule has 0 amide bonds. The average molecular weight is 425 g/mol. The summed E-state index contributed by atoms with van der Waals surface area (Å²) in [5, 5.41) is 14.8. The van der Waals surface area contributed by atoms with Crippen molar-refractivity contribution in [1.29, 1.82) is 0 Å². The Balaban J connectivity index is 0.000000438. The maximum absolute atomic E-state index is 9.10. The van der Waals surface area contributed by atoms with Gasteiger partial charge >= 0.3 is 11.9 Å². The second-order valence-corrected chi connectivity index (χ2v) is 8.56. The zero-order valence-electron chi connectivity index (χ0n) is 17.4. The molecule has 1 aromatic carbocycles. The van der Waals surface area contributed by atoms with Crippen LogP contribution in [-0.4, -0.2) is 82.6 Å². The lowest BCUT2D eigenvalue weighted by atomic mass is 10.0. The topological polar surface area (TPSA) is 90.3 Å². The van der Waals surface area contributed by atoms with Crippen LogP contribution in [0.4, 0.5) is 0 Å². The first-order chi connectivity index (χ1) is 13.8. The predicted octanol–water partition coefficient (Wildman–Crippen LogP) is 2.64. The summed E-state index contributed by atoms with van der Waals surface area (Å²) in [6, 6.07) is 9.79. The highest BCUT2D eigenvalue weighted by Gasteiger charge is 2.30. The van der Waals surface area contributed by atoms with Gasteiger partial charge in [-0.1, -0.05) is 12.1 Å². The first-order valence-electron chi connectivity index (χ1n) is 9.99. The number of nitrogens with zero attached hydrogens (tertiary/aromatic N) is 2. The summed E-state index contributed by atoms with van der Waals surface area (Å²) in [5.74, 6) is -3.65. The Morgan fingerprint density at radius 1 is 1.03 bits per heavy atom. The molecule has 2 fully saturated rings. The van der Waals surface area contributed by atoms with Gasteiger partial charge in [-0.2, -0.15) is 0 Å². The van der Waals surface area contributed by atoms with Crippen LogP contribution in [-0.2, 0) is 20.9 Å². The molecule has 2 aliphatic heterocycles. The highest BCUT2D eigenvalue weighted by Crippen LogP contribution is 2.23. The molecule has 0 bridgehead atoms. The Kier molecular flexibility index (Phi) is 9.42. The number of carboxylic acids is 2. The van der Waals surface area contributed by atoms with Crippen LogP contribution in [0.3, 0.4) is 0 Å². The van der Waals surface area contributed by atoms with Gasteiger partial charge in [-0.15, -0.1) is 11.8 Å². The molecule has 29 heavy (non-hydrogen) atoms. The first kappa shape index (κ1) is 23.7. The molecular weight excluding hydrogens is 392 g/mol. The van der Waals surface area contributed by atoms with Gasteiger partial charge in [-0.3, -0.25) is 9.80 Å². The number of piperidine rings is 1. The second kappa shape index (κ2) is 11.5. The number of hydrogen-bond acceptors (Lipinski definition) is 6. The van der Waals surface area contributed by atoms with Gasteiger partial charge in [0.1, 0.15) is 0 Å². The fraction of sp³-hybridized carbons (Fsp3) is 0.619. The standard InChI is InChI=1S/C19H30N2OS.C2H2O4/c1-15-12-21(13-16(2)22-15)18-8-10-20(11-9-18)14-17-4-6-19(23-3)7-5-17;3-1(4)2(5)6/h4-7,15-16,18H,8-14H2,1-3H3;(H,3,4)(H,5,6). The number of hydrogen-bond donors (Lipinski definition) is 2. The summed E-state index contributed by atoms with van der Waals surface area (Å²) in [4.78, 5) is 24.8. The minimum atomic E-state index is -1.82. The van der Waals surface area contributed by atoms with Gasteiger partial charge in [-0.25, -0.2) is 9.59 Å². The highest BCUT2D eigenvalue weighted by atomic mass is 32.2. The summed E-state index contributed by atoms with van der Waals surface area (Å²) in [7, 11) is 0. The Hall–Kier alpha value is -1.61. The minimum absolute atomic E-state index is 0.381. The van der Waals surface area contributed by atoms with Crippen molar-refractivity contribution in [1.82, 2.24) is 9.80 Å². The summed E-state index contributed by atoms with van der Waals surface area (Å²) < 4.78 is 5.87. The first-order valence-corrected chi connectivity index (χ1v) is 11.2. The van der Waals surface area contributed by atoms with Crippen LogP contribution in [0, 0.1) is 0 Å². The lowest BCUT2D eigenvalue weighted by Crippen LogP contribution is -2.53. The molecule has 0 radical (unpaired) electrons. The molecular formula is C21H32N2O5S. The van der Waals surface area contributed by atoms with Gasteiger partial charge in [0.25, 0.3) is 0 Å². The van der Waals surface area contributed by atoms with E-state index >= 15 is 0 Å². The summed E-state index contributed by atoms with van der Waals surface area (Å²) in [6.07, 6.45) is 5.48. The fourth-order valence-electron chi connectivity index (χ4n) is 3.95. The number of ether oxygens (including phenoxy) is 1. The molecule has 162 valence electrons. The van der Waals surface area contributed by atoms with E-state index < -0.39 is 11.9 Å². The van der Waals surface area contributed by atoms with E-state index in [1.807, 2.05) is 11.8 Å². The number of carboxylic acid groups (broad SMARTS) is 2. The molecule has 0 spiro atoms. The van der Waals surface area contributed by atoms with E-state index in [2.05, 4.69) is 54.2 Å². The van der Waals surface area contributed by atoms with Gasteiger partial charge in [0, 0.05) is 30.6 Å². The number of likely N-dealkylation sites (tertiary alicyclic amines) is 1. The normalized spacial score (nSPS) is 23.8. The Morgan fingerprint density at radius 3 is 2.00 bits per heavy atom. The molecule has 2 aliphatic rings. The van der Waals surface area contributed by atoms with Crippen molar-refractivity contribution >= 4 is 23.7 Å². The highest BCUT2D eigenvalue weighted by molar-refractivity contribution is 7.98. The van der Waals surface area contributed by atoms with Crippen LogP contribution >= 0.6 is 11.8 Å². The van der Waals surface area contributed by atoms with Crippen LogP contribution in [0.2, 0.25) is 0 Å². The minimum Gasteiger partial charge on any atom is -0.473 e. The number of benzene rings is 1. The summed E-state index contributed by atoms with van der Waals surface area (Å²) in [5.41, 5.74) is 1.44. The van der Waals surface area contributed by atoms with Gasteiger partial charge in [0.2, 0.25) is 0 Å². The van der Waals surface area contributed by atoms with E-state index in [9.17, 15) is 0 Å². The van der Waals surface area contributed by atoms with E-state index in [1.54, 1.807) is 0 Å². The molecule has 0 saturated carbocycles. The molecule has 2 unspecified atom stereocenters. The van der Waals surface area contributed by atoms with Gasteiger partial charge in [0.05, 0.1) is 12.2 Å². The number of thioether (sulfide) groups is 1. The molecule has 2 atom stereocenters. The zero-order valence-corrected chi connectivity index (χ0v) is 18.2. The van der Waals surface area contributed by atoms with Crippen LogP contribution in [0.5, 0.6) is 0 Å². The van der Waals surface area contributed by atoms with Crippen molar-refractivity contribution < 1.29 is 24.5 Å². The number of rotatable bonds is 4. The maximum atomic E-state index is 9.10. The fourth-order valence-corrected chi connectivity index (χ4v) is 4.36. The Labute approximate surface area is 177 Å². The van der Waals surface area contributed by atoms with E-state index in [4.69, 9.17) is 24.5 Å². The van der Waals surface area contributed by atoms with Crippen LogP contribution in [0.1, 0.15) is 32.3 Å². The van der Waals surface area contributed by atoms with Crippen LogP contribution in [0.15, 0.2) is 29.2 Å². The van der Waals surface area contributed by atoms with Crippen molar-refractivity contribution in [3.63, 3.8) is 0 Å². The molecule has 3 rings (SSSR count). The third-order valence-corrected chi connectivity index (χ3v) is 6.01. The largest absolute Gasteiger partial charge is 0.473 e. The second-order valence-electron chi connectivity index (χ2n) is 7.68. The lowest BCUT2D eigenvalue weighted by Gasteiger charge is -2.43. The maximum Gasteiger partial charge on any atom is 0.414 e. The van der Waals surface area contributed by atoms with Crippen LogP contribution < -0.4 is 0 Å². The molecule has 0 aromatic heterocycles. The van der Waals surface area contributed by atoms with Crippen molar-refractivity contribution in [3.8, 4) is 0 Å². The monoisotopic (exact) mass is 424 g/mol. The van der Waals surface area contributed by atoms with E-state index in [0.29, 0.717) is 12.2 Å². The van der Waals surface area contributed by atoms with Crippen molar-refractivity contribution in [2.45, 2.75) is 56.4 Å². The quantitative estimate of drug-likeness (QED) is 0.563. The van der Waals surface area contributed by atoms with E-state index in [1.165, 1.54) is 36.4 Å². The Bertz CT molecular complexity index is 640. The summed E-state index contributed by atoms with van der Waals surface area (Å²) >= 11 is 1.81. The van der Waals surface area contributed by atoms with Crippen molar-refractivity contribution in [3.05, 3.63) is 29.8 Å². The SMILES string of the molecule is CSc1ccc(CN2CCC(N3CC(C)OC(C)C3)CC2)cc1.O=C(O)C(=O)O. The predicted molar refractivity (Wildman–Crippen MR) is 113 cm³/mol.